The van der Waals surface area contributed by atoms with Crippen molar-refractivity contribution >= 4 is 39.8 Å². The first kappa shape index (κ1) is 26.3. The summed E-state index contributed by atoms with van der Waals surface area (Å²) in [5, 5.41) is 13.1. The predicted molar refractivity (Wildman–Crippen MR) is 154 cm³/mol. The molecule has 1 N–H and O–H groups in total. The second-order valence-electron chi connectivity index (χ2n) is 10.8. The number of nitrogens with zero attached hydrogens (tertiary/aromatic N) is 3. The van der Waals surface area contributed by atoms with E-state index in [0.29, 0.717) is 34.1 Å². The fraction of sp³-hybridized carbons (Fsp3) is 0.125. The van der Waals surface area contributed by atoms with Crippen LogP contribution in [-0.2, 0) is 26.5 Å². The average Bonchev–Trinajstić information content (AvgIpc) is 3.27. The predicted octanol–water partition coefficient (Wildman–Crippen LogP) is 5.66. The summed E-state index contributed by atoms with van der Waals surface area (Å²) < 4.78 is 14.2. The number of benzene rings is 3. The Morgan fingerprint density at radius 3 is 2.55 bits per heavy atom. The minimum absolute atomic E-state index is 0. The molecule has 3 aromatic heterocycles. The van der Waals surface area contributed by atoms with Crippen molar-refractivity contribution in [2.75, 3.05) is 0 Å². The van der Waals surface area contributed by atoms with Gasteiger partial charge in [-0.2, -0.15) is 4.98 Å². The summed E-state index contributed by atoms with van der Waals surface area (Å²) in [5.74, 6) is 2.86. The maximum absolute atomic E-state index is 11.0. The average molecular weight is 705 g/mol. The number of rotatable bonds is 3. The van der Waals surface area contributed by atoms with Gasteiger partial charge in [0.1, 0.15) is 11.6 Å². The maximum Gasteiger partial charge on any atom is 0.340 e. The molecule has 0 fully saturated rings. The standard InChI is InChI=1S/C32H25BN3O3.Pt/c1-32(2,3)20-16-17-34-29(18-20)36-26-10-6-4-8-22(26)23-13-15-30(35-31(23)36)38-21-12-14-28-25(19-21)33(37)24-9-5-7-11-27(24)39-28;/h4-18,37H,1-3H3;/q-1;. The van der Waals surface area contributed by atoms with E-state index in [-0.39, 0.29) is 26.5 Å². The van der Waals surface area contributed by atoms with Crippen LogP contribution in [0.3, 0.4) is 0 Å². The molecule has 4 heterocycles. The zero-order valence-electron chi connectivity index (χ0n) is 22.2. The third-order valence-electron chi connectivity index (χ3n) is 7.17. The fourth-order valence-electron chi connectivity index (χ4n) is 5.13. The van der Waals surface area contributed by atoms with Crippen LogP contribution in [0.1, 0.15) is 26.3 Å². The zero-order valence-corrected chi connectivity index (χ0v) is 24.4. The maximum atomic E-state index is 11.0. The van der Waals surface area contributed by atoms with Crippen molar-refractivity contribution in [3.05, 3.63) is 103 Å². The van der Waals surface area contributed by atoms with Gasteiger partial charge in [0.25, 0.3) is 0 Å². The molecule has 8 heteroatoms. The van der Waals surface area contributed by atoms with Crippen LogP contribution >= 0.6 is 0 Å². The van der Waals surface area contributed by atoms with Gasteiger partial charge in [-0.05, 0) is 46.8 Å². The Labute approximate surface area is 247 Å². The molecule has 0 saturated heterocycles. The summed E-state index contributed by atoms with van der Waals surface area (Å²) in [6, 6.07) is 30.5. The third-order valence-corrected chi connectivity index (χ3v) is 7.17. The topological polar surface area (TPSA) is 69.4 Å². The fourth-order valence-corrected chi connectivity index (χ4v) is 5.13. The second-order valence-corrected chi connectivity index (χ2v) is 10.8. The van der Waals surface area contributed by atoms with Crippen LogP contribution in [0.25, 0.3) is 27.8 Å². The Kier molecular flexibility index (Phi) is 6.52. The van der Waals surface area contributed by atoms with Gasteiger partial charge in [-0.15, -0.1) is 23.7 Å². The van der Waals surface area contributed by atoms with Crippen molar-refractivity contribution in [2.45, 2.75) is 26.2 Å². The molecule has 1 aliphatic heterocycles. The normalized spacial score (nSPS) is 12.4. The Bertz CT molecular complexity index is 1900. The quantitative estimate of drug-likeness (QED) is 0.190. The van der Waals surface area contributed by atoms with Crippen LogP contribution in [0.2, 0.25) is 0 Å². The first-order chi connectivity index (χ1) is 18.9. The first-order valence-corrected chi connectivity index (χ1v) is 12.9. The molecule has 200 valence electrons. The minimum Gasteiger partial charge on any atom is -0.518 e. The van der Waals surface area contributed by atoms with E-state index in [4.69, 9.17) is 19.4 Å². The summed E-state index contributed by atoms with van der Waals surface area (Å²) in [5.41, 5.74) is 4.18. The molecule has 3 aromatic carbocycles. The van der Waals surface area contributed by atoms with Crippen LogP contribution in [-0.4, -0.2) is 26.5 Å². The molecule has 0 aliphatic carbocycles. The molecular weight excluding hydrogens is 680 g/mol. The van der Waals surface area contributed by atoms with Crippen molar-refractivity contribution in [1.29, 1.82) is 0 Å². The molecule has 0 radical (unpaired) electrons. The van der Waals surface area contributed by atoms with Crippen molar-refractivity contribution in [3.8, 4) is 28.9 Å². The van der Waals surface area contributed by atoms with Crippen molar-refractivity contribution in [3.63, 3.8) is 0 Å². The van der Waals surface area contributed by atoms with Gasteiger partial charge in [-0.1, -0.05) is 57.2 Å². The van der Waals surface area contributed by atoms with Crippen molar-refractivity contribution in [1.82, 2.24) is 14.5 Å². The second kappa shape index (κ2) is 9.92. The van der Waals surface area contributed by atoms with Crippen molar-refractivity contribution in [2.24, 2.45) is 0 Å². The van der Waals surface area contributed by atoms with E-state index in [1.165, 1.54) is 5.56 Å². The molecule has 0 bridgehead atoms. The van der Waals surface area contributed by atoms with E-state index in [1.807, 2.05) is 54.7 Å². The van der Waals surface area contributed by atoms with Gasteiger partial charge in [0, 0.05) is 55.6 Å². The summed E-state index contributed by atoms with van der Waals surface area (Å²) in [6.45, 7) is 5.72. The monoisotopic (exact) mass is 705 g/mol. The molecule has 6 aromatic rings. The zero-order chi connectivity index (χ0) is 26.7. The van der Waals surface area contributed by atoms with Gasteiger partial charge in [0.15, 0.2) is 5.65 Å². The van der Waals surface area contributed by atoms with Gasteiger partial charge >= 0.3 is 6.92 Å². The molecule has 1 aliphatic rings. The van der Waals surface area contributed by atoms with E-state index in [1.54, 1.807) is 12.1 Å². The molecule has 7 rings (SSSR count). The van der Waals surface area contributed by atoms with Crippen molar-refractivity contribution < 1.29 is 35.6 Å². The molecule has 0 amide bonds. The molecule has 0 atom stereocenters. The van der Waals surface area contributed by atoms with Crippen LogP contribution in [0.4, 0.5) is 0 Å². The number of aromatic nitrogens is 3. The van der Waals surface area contributed by atoms with E-state index in [2.05, 4.69) is 55.7 Å². The molecular formula is C32H25BN3O3Pt-. The number of fused-ring (bicyclic) bond motifs is 5. The summed E-state index contributed by atoms with van der Waals surface area (Å²) in [4.78, 5) is 9.65. The molecule has 0 saturated carbocycles. The molecule has 6 nitrogen and oxygen atoms in total. The van der Waals surface area contributed by atoms with E-state index in [0.717, 1.165) is 27.8 Å². The number of hydrogen-bond acceptors (Lipinski definition) is 5. The minimum atomic E-state index is -0.854. The first-order valence-electron chi connectivity index (χ1n) is 12.9. The van der Waals surface area contributed by atoms with Crippen LogP contribution in [0.5, 0.6) is 23.1 Å². The summed E-state index contributed by atoms with van der Waals surface area (Å²) >= 11 is 0. The van der Waals surface area contributed by atoms with E-state index >= 15 is 0 Å². The van der Waals surface area contributed by atoms with E-state index < -0.39 is 6.92 Å². The largest absolute Gasteiger partial charge is 0.518 e. The smallest absolute Gasteiger partial charge is 0.340 e. The van der Waals surface area contributed by atoms with Gasteiger partial charge in [0.2, 0.25) is 5.88 Å². The Morgan fingerprint density at radius 2 is 1.70 bits per heavy atom. The van der Waals surface area contributed by atoms with Gasteiger partial charge < -0.3 is 14.5 Å². The molecule has 40 heavy (non-hydrogen) atoms. The van der Waals surface area contributed by atoms with Crippen LogP contribution in [0, 0.1) is 6.07 Å². The molecule has 0 spiro atoms. The number of para-hydroxylation sites is 2. The van der Waals surface area contributed by atoms with Gasteiger partial charge in [-0.25, -0.2) is 4.98 Å². The van der Waals surface area contributed by atoms with E-state index in [9.17, 15) is 5.02 Å². The summed E-state index contributed by atoms with van der Waals surface area (Å²) in [6.07, 6.45) is 1.85. The van der Waals surface area contributed by atoms with Gasteiger partial charge in [-0.3, -0.25) is 4.57 Å². The Balaban J connectivity index is 0.00000289. The molecule has 0 unspecified atom stereocenters. The van der Waals surface area contributed by atoms with Crippen LogP contribution < -0.4 is 20.4 Å². The van der Waals surface area contributed by atoms with Crippen LogP contribution in [0.15, 0.2) is 91.1 Å². The number of pyridine rings is 2. The Morgan fingerprint density at radius 1 is 0.900 bits per heavy atom. The van der Waals surface area contributed by atoms with Gasteiger partial charge in [0.05, 0.1) is 5.52 Å². The SMILES string of the molecule is CC(C)(C)c1ccnc(-n2c3ccccc3c3ccc(Oc4[c-]c5c(cc4)Oc4ccccc4B5O)nc32)c1.[Pt]. The Hall–Kier alpha value is -3.93. The number of hydrogen-bond donors (Lipinski definition) is 1. The summed E-state index contributed by atoms with van der Waals surface area (Å²) in [7, 11) is 0. The third kappa shape index (κ3) is 4.40. The number of ether oxygens (including phenoxy) is 2.